The van der Waals surface area contributed by atoms with Crippen molar-refractivity contribution < 1.29 is 23.1 Å². The molecule has 31 heavy (non-hydrogen) atoms. The first-order valence-corrected chi connectivity index (χ1v) is 11.2. The maximum absolute atomic E-state index is 12.8. The average Bonchev–Trinajstić information content (AvgIpc) is 2.71. The summed E-state index contributed by atoms with van der Waals surface area (Å²) >= 11 is 12.5. The molecule has 0 saturated heterocycles. The fourth-order valence-corrected chi connectivity index (χ4v) is 4.31. The molecule has 7 nitrogen and oxygen atoms in total. The lowest BCUT2D eigenvalue weighted by atomic mass is 10.0. The fraction of sp³-hybridized carbons (Fsp3) is 0.143. The van der Waals surface area contributed by atoms with Crippen molar-refractivity contribution >= 4 is 44.9 Å². The van der Waals surface area contributed by atoms with E-state index in [9.17, 15) is 18.3 Å². The Morgan fingerprint density at radius 1 is 1.13 bits per heavy atom. The van der Waals surface area contributed by atoms with Crippen molar-refractivity contribution in [1.29, 1.82) is 0 Å². The highest BCUT2D eigenvalue weighted by Crippen LogP contribution is 2.39. The van der Waals surface area contributed by atoms with Gasteiger partial charge in [-0.2, -0.15) is 0 Å². The summed E-state index contributed by atoms with van der Waals surface area (Å²) < 4.78 is 33.6. The van der Waals surface area contributed by atoms with Crippen LogP contribution in [-0.2, 0) is 14.8 Å². The number of carbonyl (C=O) groups is 1. The van der Waals surface area contributed by atoms with Crippen molar-refractivity contribution in [3.63, 3.8) is 0 Å². The molecule has 0 radical (unpaired) electrons. The second-order valence-electron chi connectivity index (χ2n) is 7.05. The third-order valence-corrected chi connectivity index (χ3v) is 6.14. The molecule has 0 aliphatic heterocycles. The van der Waals surface area contributed by atoms with Crippen molar-refractivity contribution in [2.75, 3.05) is 4.72 Å². The monoisotopic (exact) mass is 480 g/mol. The van der Waals surface area contributed by atoms with E-state index in [0.717, 1.165) is 0 Å². The lowest BCUT2D eigenvalue weighted by Gasteiger charge is -2.21. The molecule has 0 aliphatic carbocycles. The molecule has 0 unspecified atom stereocenters. The summed E-state index contributed by atoms with van der Waals surface area (Å²) in [4.78, 5) is 15.1. The molecule has 0 aliphatic rings. The maximum atomic E-state index is 12.8. The Balaban J connectivity index is 2.00. The van der Waals surface area contributed by atoms with E-state index in [-0.39, 0.29) is 15.6 Å². The van der Waals surface area contributed by atoms with Gasteiger partial charge in [-0.1, -0.05) is 35.3 Å². The summed E-state index contributed by atoms with van der Waals surface area (Å²) in [7, 11) is -3.95. The van der Waals surface area contributed by atoms with Gasteiger partial charge in [0.25, 0.3) is 10.0 Å². The molecule has 2 N–H and O–H groups in total. The molecule has 10 heteroatoms. The van der Waals surface area contributed by atoms with Crippen LogP contribution in [0.2, 0.25) is 10.0 Å². The Bertz CT molecular complexity index is 1210. The minimum absolute atomic E-state index is 0.0217. The van der Waals surface area contributed by atoms with Crippen LogP contribution in [0.4, 0.5) is 5.69 Å². The first-order valence-electron chi connectivity index (χ1n) is 8.94. The number of rotatable bonds is 7. The third kappa shape index (κ3) is 5.28. The van der Waals surface area contributed by atoms with Crippen molar-refractivity contribution in [2.45, 2.75) is 24.3 Å². The number of halogens is 2. The van der Waals surface area contributed by atoms with Crippen LogP contribution in [0, 0.1) is 0 Å². The van der Waals surface area contributed by atoms with Crippen LogP contribution in [0.1, 0.15) is 13.8 Å². The molecule has 3 aromatic rings. The number of hydrogen-bond acceptors (Lipinski definition) is 5. The molecule has 0 fully saturated rings. The van der Waals surface area contributed by atoms with Gasteiger partial charge in [-0.15, -0.1) is 0 Å². The predicted molar refractivity (Wildman–Crippen MR) is 119 cm³/mol. The van der Waals surface area contributed by atoms with Gasteiger partial charge in [0.1, 0.15) is 10.6 Å². The zero-order valence-electron chi connectivity index (χ0n) is 16.5. The van der Waals surface area contributed by atoms with Gasteiger partial charge in [0, 0.05) is 23.0 Å². The quantitative estimate of drug-likeness (QED) is 0.487. The minimum atomic E-state index is -3.95. The summed E-state index contributed by atoms with van der Waals surface area (Å²) in [6.45, 7) is 2.87. The van der Waals surface area contributed by atoms with Crippen LogP contribution < -0.4 is 9.46 Å². The Hall–Kier alpha value is -2.81. The van der Waals surface area contributed by atoms with E-state index < -0.39 is 21.6 Å². The second kappa shape index (κ2) is 8.74. The minimum Gasteiger partial charge on any atom is -0.478 e. The molecule has 1 aromatic heterocycles. The highest BCUT2D eigenvalue weighted by molar-refractivity contribution is 7.92. The van der Waals surface area contributed by atoms with E-state index in [0.29, 0.717) is 21.9 Å². The zero-order chi connectivity index (χ0) is 22.8. The van der Waals surface area contributed by atoms with E-state index in [4.69, 9.17) is 27.9 Å². The Morgan fingerprint density at radius 2 is 1.81 bits per heavy atom. The Labute approximate surface area is 189 Å². The van der Waals surface area contributed by atoms with Crippen LogP contribution in [0.3, 0.4) is 0 Å². The SMILES string of the molecule is CC(C)(Oc1ccc(-c2cc(Cl)cc(Cl)c2NS(=O)(=O)c2cccnc2)cc1)C(=O)O. The van der Waals surface area contributed by atoms with Crippen molar-refractivity contribution in [3.05, 3.63) is 71.0 Å². The summed E-state index contributed by atoms with van der Waals surface area (Å²) in [6, 6.07) is 12.4. The van der Waals surface area contributed by atoms with E-state index in [1.165, 1.54) is 44.4 Å². The Morgan fingerprint density at radius 3 is 2.39 bits per heavy atom. The van der Waals surface area contributed by atoms with Crippen molar-refractivity contribution in [1.82, 2.24) is 4.98 Å². The number of ether oxygens (including phenoxy) is 1. The summed E-state index contributed by atoms with van der Waals surface area (Å²) in [5.41, 5.74) is -0.233. The highest BCUT2D eigenvalue weighted by Gasteiger charge is 2.29. The number of anilines is 1. The fourth-order valence-electron chi connectivity index (χ4n) is 2.65. The van der Waals surface area contributed by atoms with Crippen LogP contribution >= 0.6 is 23.2 Å². The van der Waals surface area contributed by atoms with Crippen LogP contribution in [-0.4, -0.2) is 30.1 Å². The maximum Gasteiger partial charge on any atom is 0.347 e. The molecular formula is C21H18Cl2N2O5S. The molecule has 0 saturated carbocycles. The molecule has 2 aromatic carbocycles. The number of hydrogen-bond donors (Lipinski definition) is 2. The molecule has 162 valence electrons. The molecule has 0 bridgehead atoms. The molecule has 1 heterocycles. The topological polar surface area (TPSA) is 106 Å². The largest absolute Gasteiger partial charge is 0.478 e. The van der Waals surface area contributed by atoms with Crippen LogP contribution in [0.25, 0.3) is 11.1 Å². The number of aliphatic carboxylic acids is 1. The van der Waals surface area contributed by atoms with Crippen molar-refractivity contribution in [2.24, 2.45) is 0 Å². The van der Waals surface area contributed by atoms with Gasteiger partial charge in [0.2, 0.25) is 0 Å². The lowest BCUT2D eigenvalue weighted by Crippen LogP contribution is -2.37. The standard InChI is InChI=1S/C21H18Cl2N2O5S/c1-21(2,20(26)27)30-15-7-5-13(6-8-15)17-10-14(22)11-18(23)19(17)25-31(28,29)16-4-3-9-24-12-16/h3-12,25H,1-2H3,(H,26,27). The van der Waals surface area contributed by atoms with E-state index in [1.54, 1.807) is 30.3 Å². The average molecular weight is 481 g/mol. The number of nitrogens with zero attached hydrogens (tertiary/aromatic N) is 1. The van der Waals surface area contributed by atoms with Gasteiger partial charge in [-0.3, -0.25) is 9.71 Å². The molecule has 0 spiro atoms. The highest BCUT2D eigenvalue weighted by atomic mass is 35.5. The van der Waals surface area contributed by atoms with Gasteiger partial charge >= 0.3 is 5.97 Å². The lowest BCUT2D eigenvalue weighted by molar-refractivity contribution is -0.152. The van der Waals surface area contributed by atoms with E-state index >= 15 is 0 Å². The van der Waals surface area contributed by atoms with E-state index in [1.807, 2.05) is 0 Å². The van der Waals surface area contributed by atoms with Gasteiger partial charge in [0.05, 0.1) is 10.7 Å². The predicted octanol–water partition coefficient (Wildman–Crippen LogP) is 5.10. The number of nitrogens with one attached hydrogen (secondary N) is 1. The first-order chi connectivity index (χ1) is 14.5. The smallest absolute Gasteiger partial charge is 0.347 e. The van der Waals surface area contributed by atoms with E-state index in [2.05, 4.69) is 9.71 Å². The van der Waals surface area contributed by atoms with Crippen LogP contribution in [0.5, 0.6) is 5.75 Å². The molecule has 0 atom stereocenters. The molecule has 3 rings (SSSR count). The number of pyridine rings is 1. The normalized spacial score (nSPS) is 11.7. The summed E-state index contributed by atoms with van der Waals surface area (Å²) in [5, 5.41) is 9.64. The first kappa shape index (κ1) is 22.9. The molecule has 0 amide bonds. The van der Waals surface area contributed by atoms with Gasteiger partial charge in [0.15, 0.2) is 5.60 Å². The van der Waals surface area contributed by atoms with Gasteiger partial charge < -0.3 is 9.84 Å². The molecular weight excluding hydrogens is 463 g/mol. The number of carboxylic acid groups (broad SMARTS) is 1. The number of carboxylic acids is 1. The zero-order valence-corrected chi connectivity index (χ0v) is 18.8. The van der Waals surface area contributed by atoms with Gasteiger partial charge in [-0.05, 0) is 55.8 Å². The third-order valence-electron chi connectivity index (χ3n) is 4.29. The summed E-state index contributed by atoms with van der Waals surface area (Å²) in [5.74, 6) is -0.771. The Kier molecular flexibility index (Phi) is 6.45. The number of sulfonamides is 1. The number of benzene rings is 2. The second-order valence-corrected chi connectivity index (χ2v) is 9.57. The van der Waals surface area contributed by atoms with Crippen molar-refractivity contribution in [3.8, 4) is 16.9 Å². The van der Waals surface area contributed by atoms with Gasteiger partial charge in [-0.25, -0.2) is 13.2 Å². The number of aromatic nitrogens is 1. The van der Waals surface area contributed by atoms with Crippen LogP contribution in [0.15, 0.2) is 65.8 Å². The summed E-state index contributed by atoms with van der Waals surface area (Å²) in [6.07, 6.45) is 2.69.